The number of carboxylic acid groups (broad SMARTS) is 1. The van der Waals surface area contributed by atoms with Crippen LogP contribution in [0.15, 0.2) is 24.3 Å². The molecule has 2 aliphatic rings. The molecule has 1 aliphatic carbocycles. The van der Waals surface area contributed by atoms with Gasteiger partial charge in [-0.1, -0.05) is 24.3 Å². The van der Waals surface area contributed by atoms with E-state index in [2.05, 4.69) is 0 Å². The van der Waals surface area contributed by atoms with Crippen molar-refractivity contribution in [3.8, 4) is 0 Å². The number of hydrogen-bond donors (Lipinski definition) is 1. The van der Waals surface area contributed by atoms with Crippen molar-refractivity contribution < 1.29 is 23.1 Å². The lowest BCUT2D eigenvalue weighted by Crippen LogP contribution is -2.47. The van der Waals surface area contributed by atoms with Gasteiger partial charge in [-0.15, -0.1) is 0 Å². The fourth-order valence-electron chi connectivity index (χ4n) is 2.78. The summed E-state index contributed by atoms with van der Waals surface area (Å²) in [6.07, 6.45) is -4.82. The normalized spacial score (nSPS) is 21.4. The van der Waals surface area contributed by atoms with Gasteiger partial charge in [0.2, 0.25) is 0 Å². The Hall–Kier alpha value is -1.72. The van der Waals surface area contributed by atoms with Crippen LogP contribution in [0.4, 0.5) is 18.0 Å². The van der Waals surface area contributed by atoms with Crippen LogP contribution in [-0.4, -0.2) is 35.4 Å². The first-order valence-corrected chi connectivity index (χ1v) is 6.48. The molecule has 20 heavy (non-hydrogen) atoms. The van der Waals surface area contributed by atoms with E-state index in [0.717, 1.165) is 5.56 Å². The Labute approximate surface area is 114 Å². The second-order valence-corrected chi connectivity index (χ2v) is 5.59. The van der Waals surface area contributed by atoms with Crippen molar-refractivity contribution in [2.24, 2.45) is 0 Å². The van der Waals surface area contributed by atoms with E-state index in [0.29, 0.717) is 18.7 Å². The first-order chi connectivity index (χ1) is 9.33. The number of carbonyl (C=O) groups is 1. The molecule has 108 valence electrons. The van der Waals surface area contributed by atoms with E-state index in [1.165, 1.54) is 4.90 Å². The quantitative estimate of drug-likeness (QED) is 0.905. The smallest absolute Gasteiger partial charge is 0.407 e. The van der Waals surface area contributed by atoms with Gasteiger partial charge in [0.25, 0.3) is 0 Å². The van der Waals surface area contributed by atoms with Gasteiger partial charge in [0, 0.05) is 19.0 Å². The number of nitrogens with zero attached hydrogens (tertiary/aromatic N) is 1. The minimum atomic E-state index is -4.19. The molecule has 0 atom stereocenters. The Bertz CT molecular complexity index is 528. The maximum absolute atomic E-state index is 13.0. The van der Waals surface area contributed by atoms with Crippen molar-refractivity contribution >= 4 is 6.09 Å². The Kier molecular flexibility index (Phi) is 2.74. The van der Waals surface area contributed by atoms with E-state index in [9.17, 15) is 18.0 Å². The molecule has 1 aromatic carbocycles. The van der Waals surface area contributed by atoms with E-state index in [1.54, 1.807) is 24.3 Å². The number of alkyl halides is 3. The summed E-state index contributed by atoms with van der Waals surface area (Å²) in [4.78, 5) is 12.0. The van der Waals surface area contributed by atoms with Crippen LogP contribution < -0.4 is 0 Å². The standard InChI is InChI=1S/C14H14F3NO2/c15-14(16,17)13(5-6-13)11-3-1-9(2-4-11)10-7-18(8-10)12(19)20/h1-4,10H,5-8H2,(H,19,20). The Balaban J connectivity index is 1.72. The average molecular weight is 285 g/mol. The van der Waals surface area contributed by atoms with Gasteiger partial charge >= 0.3 is 12.3 Å². The van der Waals surface area contributed by atoms with E-state index in [-0.39, 0.29) is 18.8 Å². The highest BCUT2D eigenvalue weighted by Gasteiger charge is 2.64. The summed E-state index contributed by atoms with van der Waals surface area (Å²) in [5, 5.41) is 8.75. The third kappa shape index (κ3) is 1.94. The third-order valence-electron chi connectivity index (χ3n) is 4.38. The van der Waals surface area contributed by atoms with Crippen LogP contribution in [0.3, 0.4) is 0 Å². The zero-order valence-electron chi connectivity index (χ0n) is 10.7. The molecule has 1 N–H and O–H groups in total. The fraction of sp³-hybridized carbons (Fsp3) is 0.500. The molecule has 0 spiro atoms. The second-order valence-electron chi connectivity index (χ2n) is 5.59. The molecule has 1 aliphatic heterocycles. The molecular formula is C14H14F3NO2. The van der Waals surface area contributed by atoms with Gasteiger partial charge in [-0.05, 0) is 24.0 Å². The lowest BCUT2D eigenvalue weighted by atomic mass is 9.88. The van der Waals surface area contributed by atoms with Crippen LogP contribution in [-0.2, 0) is 5.41 Å². The summed E-state index contributed by atoms with van der Waals surface area (Å²) < 4.78 is 39.0. The van der Waals surface area contributed by atoms with Gasteiger partial charge in [0.1, 0.15) is 0 Å². The van der Waals surface area contributed by atoms with Gasteiger partial charge in [0.05, 0.1) is 5.41 Å². The van der Waals surface area contributed by atoms with Gasteiger partial charge in [-0.2, -0.15) is 13.2 Å². The topological polar surface area (TPSA) is 40.5 Å². The van der Waals surface area contributed by atoms with Gasteiger partial charge in [0.15, 0.2) is 0 Å². The predicted octanol–water partition coefficient (Wildman–Crippen LogP) is 3.36. The maximum atomic E-state index is 13.0. The van der Waals surface area contributed by atoms with Crippen LogP contribution in [0.25, 0.3) is 0 Å². The zero-order chi connectivity index (χ0) is 14.5. The Morgan fingerprint density at radius 2 is 1.75 bits per heavy atom. The van der Waals surface area contributed by atoms with Crippen molar-refractivity contribution in [1.29, 1.82) is 0 Å². The molecule has 1 amide bonds. The lowest BCUT2D eigenvalue weighted by Gasteiger charge is -2.37. The molecule has 1 aromatic rings. The van der Waals surface area contributed by atoms with Gasteiger partial charge in [-0.25, -0.2) is 4.79 Å². The third-order valence-corrected chi connectivity index (χ3v) is 4.38. The number of rotatable bonds is 2. The Morgan fingerprint density at radius 1 is 1.20 bits per heavy atom. The number of likely N-dealkylation sites (tertiary alicyclic amines) is 1. The second kappa shape index (κ2) is 4.14. The van der Waals surface area contributed by atoms with Crippen molar-refractivity contribution in [3.63, 3.8) is 0 Å². The minimum Gasteiger partial charge on any atom is -0.465 e. The highest BCUT2D eigenvalue weighted by Crippen LogP contribution is 2.58. The molecular weight excluding hydrogens is 271 g/mol. The largest absolute Gasteiger partial charge is 0.465 e. The molecule has 0 aromatic heterocycles. The Morgan fingerprint density at radius 3 is 2.15 bits per heavy atom. The molecule has 1 heterocycles. The highest BCUT2D eigenvalue weighted by atomic mass is 19.4. The highest BCUT2D eigenvalue weighted by molar-refractivity contribution is 5.66. The number of halogens is 3. The van der Waals surface area contributed by atoms with Crippen molar-refractivity contribution in [1.82, 2.24) is 4.90 Å². The molecule has 3 rings (SSSR count). The SMILES string of the molecule is O=C(O)N1CC(c2ccc(C3(C(F)(F)F)CC3)cc2)C1. The van der Waals surface area contributed by atoms with Gasteiger partial charge < -0.3 is 10.0 Å². The van der Waals surface area contributed by atoms with Gasteiger partial charge in [-0.3, -0.25) is 0 Å². The van der Waals surface area contributed by atoms with E-state index in [1.807, 2.05) is 0 Å². The van der Waals surface area contributed by atoms with Crippen LogP contribution in [0.2, 0.25) is 0 Å². The molecule has 1 saturated heterocycles. The fourth-order valence-corrected chi connectivity index (χ4v) is 2.78. The van der Waals surface area contributed by atoms with E-state index < -0.39 is 17.7 Å². The molecule has 2 fully saturated rings. The van der Waals surface area contributed by atoms with Crippen molar-refractivity contribution in [2.45, 2.75) is 30.4 Å². The summed E-state index contributed by atoms with van der Waals surface area (Å²) in [6, 6.07) is 6.48. The molecule has 6 heteroatoms. The van der Waals surface area contributed by atoms with Crippen molar-refractivity contribution in [3.05, 3.63) is 35.4 Å². The summed E-state index contributed by atoms with van der Waals surface area (Å²) in [5.74, 6) is 0.0983. The summed E-state index contributed by atoms with van der Waals surface area (Å²) in [6.45, 7) is 0.832. The molecule has 0 radical (unpaired) electrons. The summed E-state index contributed by atoms with van der Waals surface area (Å²) >= 11 is 0. The molecule has 3 nitrogen and oxygen atoms in total. The first kappa shape index (κ1) is 13.3. The molecule has 0 bridgehead atoms. The van der Waals surface area contributed by atoms with E-state index >= 15 is 0 Å². The molecule has 0 unspecified atom stereocenters. The average Bonchev–Trinajstić information content (AvgIpc) is 3.07. The monoisotopic (exact) mass is 285 g/mol. The van der Waals surface area contributed by atoms with Crippen LogP contribution >= 0.6 is 0 Å². The number of amides is 1. The minimum absolute atomic E-state index is 0.0983. The summed E-state index contributed by atoms with van der Waals surface area (Å²) in [7, 11) is 0. The predicted molar refractivity (Wildman–Crippen MR) is 65.7 cm³/mol. The molecule has 1 saturated carbocycles. The van der Waals surface area contributed by atoms with Crippen molar-refractivity contribution in [2.75, 3.05) is 13.1 Å². The number of hydrogen-bond acceptors (Lipinski definition) is 1. The first-order valence-electron chi connectivity index (χ1n) is 6.48. The van der Waals surface area contributed by atoms with E-state index in [4.69, 9.17) is 5.11 Å². The van der Waals surface area contributed by atoms with Crippen LogP contribution in [0.5, 0.6) is 0 Å². The zero-order valence-corrected chi connectivity index (χ0v) is 10.7. The summed E-state index contributed by atoms with van der Waals surface area (Å²) in [5.41, 5.74) is -0.412. The number of benzene rings is 1. The van der Waals surface area contributed by atoms with Crippen LogP contribution in [0, 0.1) is 0 Å². The maximum Gasteiger partial charge on any atom is 0.407 e. The lowest BCUT2D eigenvalue weighted by molar-refractivity contribution is -0.160. The van der Waals surface area contributed by atoms with Crippen LogP contribution in [0.1, 0.15) is 29.9 Å².